The van der Waals surface area contributed by atoms with Crippen LogP contribution in [-0.2, 0) is 0 Å². The normalized spacial score (nSPS) is 18.2. The SMILES string of the molecule is CNCC1CCN(C(=O)c2cnn3ccccc23)C1.Cl. The van der Waals surface area contributed by atoms with Crippen molar-refractivity contribution in [1.29, 1.82) is 0 Å². The molecule has 1 amide bonds. The van der Waals surface area contributed by atoms with E-state index in [9.17, 15) is 4.79 Å². The maximum absolute atomic E-state index is 12.5. The van der Waals surface area contributed by atoms with Gasteiger partial charge in [-0.1, -0.05) is 6.07 Å². The summed E-state index contributed by atoms with van der Waals surface area (Å²) in [5, 5.41) is 7.40. The van der Waals surface area contributed by atoms with Crippen LogP contribution in [0.25, 0.3) is 5.52 Å². The first-order valence-corrected chi connectivity index (χ1v) is 6.66. The van der Waals surface area contributed by atoms with Crippen molar-refractivity contribution in [3.63, 3.8) is 0 Å². The lowest BCUT2D eigenvalue weighted by atomic mass is 10.1. The average molecular weight is 295 g/mol. The highest BCUT2D eigenvalue weighted by Crippen LogP contribution is 2.20. The lowest BCUT2D eigenvalue weighted by molar-refractivity contribution is 0.0789. The first-order valence-electron chi connectivity index (χ1n) is 6.66. The molecule has 1 N–H and O–H groups in total. The second-order valence-electron chi connectivity index (χ2n) is 5.05. The average Bonchev–Trinajstić information content (AvgIpc) is 3.05. The number of hydrogen-bond acceptors (Lipinski definition) is 3. The molecule has 20 heavy (non-hydrogen) atoms. The number of carbonyl (C=O) groups is 1. The third-order valence-corrected chi connectivity index (χ3v) is 3.72. The number of aromatic nitrogens is 2. The Morgan fingerprint density at radius 2 is 2.35 bits per heavy atom. The van der Waals surface area contributed by atoms with Gasteiger partial charge < -0.3 is 10.2 Å². The molecule has 0 radical (unpaired) electrons. The molecule has 3 rings (SSSR count). The number of nitrogens with zero attached hydrogens (tertiary/aromatic N) is 3. The van der Waals surface area contributed by atoms with E-state index >= 15 is 0 Å². The van der Waals surface area contributed by atoms with Crippen LogP contribution in [0, 0.1) is 5.92 Å². The minimum atomic E-state index is 0. The summed E-state index contributed by atoms with van der Waals surface area (Å²) < 4.78 is 1.74. The number of nitrogens with one attached hydrogen (secondary N) is 1. The Labute approximate surface area is 124 Å². The monoisotopic (exact) mass is 294 g/mol. The van der Waals surface area contributed by atoms with E-state index in [2.05, 4.69) is 10.4 Å². The zero-order chi connectivity index (χ0) is 13.2. The Bertz CT molecular complexity index is 598. The lowest BCUT2D eigenvalue weighted by Crippen LogP contribution is -2.30. The van der Waals surface area contributed by atoms with E-state index in [1.165, 1.54) is 0 Å². The highest BCUT2D eigenvalue weighted by Gasteiger charge is 2.27. The summed E-state index contributed by atoms with van der Waals surface area (Å²) in [5.74, 6) is 0.663. The summed E-state index contributed by atoms with van der Waals surface area (Å²) in [6.07, 6.45) is 4.61. The van der Waals surface area contributed by atoms with Crippen LogP contribution in [0.1, 0.15) is 16.8 Å². The van der Waals surface area contributed by atoms with Crippen LogP contribution in [0.15, 0.2) is 30.6 Å². The van der Waals surface area contributed by atoms with Gasteiger partial charge in [0.15, 0.2) is 0 Å². The standard InChI is InChI=1S/C14H18N4O.ClH/c1-15-8-11-5-7-17(10-11)14(19)12-9-16-18-6-3-2-4-13(12)18;/h2-4,6,9,11,15H,5,7-8,10H2,1H3;1H. The van der Waals surface area contributed by atoms with Gasteiger partial charge in [-0.3, -0.25) is 4.79 Å². The molecule has 0 saturated carbocycles. The molecule has 0 aromatic carbocycles. The van der Waals surface area contributed by atoms with Gasteiger partial charge >= 0.3 is 0 Å². The third kappa shape index (κ3) is 2.64. The van der Waals surface area contributed by atoms with Crippen LogP contribution in [0.5, 0.6) is 0 Å². The van der Waals surface area contributed by atoms with Gasteiger partial charge in [-0.25, -0.2) is 4.52 Å². The quantitative estimate of drug-likeness (QED) is 0.932. The maximum Gasteiger partial charge on any atom is 0.257 e. The predicted molar refractivity (Wildman–Crippen MR) is 80.4 cm³/mol. The maximum atomic E-state index is 12.5. The van der Waals surface area contributed by atoms with Crippen LogP contribution in [0.2, 0.25) is 0 Å². The molecule has 0 spiro atoms. The first kappa shape index (κ1) is 14.8. The molecule has 0 aliphatic carbocycles. The molecule has 1 unspecified atom stereocenters. The fourth-order valence-electron chi connectivity index (χ4n) is 2.74. The minimum Gasteiger partial charge on any atom is -0.338 e. The molecule has 2 aromatic heterocycles. The Morgan fingerprint density at radius 3 is 3.15 bits per heavy atom. The van der Waals surface area contributed by atoms with E-state index in [-0.39, 0.29) is 18.3 Å². The lowest BCUT2D eigenvalue weighted by Gasteiger charge is -2.15. The van der Waals surface area contributed by atoms with Gasteiger partial charge in [-0.2, -0.15) is 5.10 Å². The molecule has 108 valence electrons. The molecule has 2 aromatic rings. The number of pyridine rings is 1. The molecule has 6 heteroatoms. The zero-order valence-corrected chi connectivity index (χ0v) is 12.3. The smallest absolute Gasteiger partial charge is 0.257 e. The highest BCUT2D eigenvalue weighted by molar-refractivity contribution is 6.00. The summed E-state index contributed by atoms with van der Waals surface area (Å²) in [6.45, 7) is 2.65. The number of rotatable bonds is 3. The molecule has 3 heterocycles. The predicted octanol–water partition coefficient (Wildman–Crippen LogP) is 1.44. The highest BCUT2D eigenvalue weighted by atomic mass is 35.5. The first-order chi connectivity index (χ1) is 9.29. The number of carbonyl (C=O) groups excluding carboxylic acids is 1. The van der Waals surface area contributed by atoms with Crippen LogP contribution in [0.4, 0.5) is 0 Å². The molecular weight excluding hydrogens is 276 g/mol. The third-order valence-electron chi connectivity index (χ3n) is 3.72. The number of halogens is 1. The van der Waals surface area contributed by atoms with Crippen molar-refractivity contribution < 1.29 is 4.79 Å². The summed E-state index contributed by atoms with van der Waals surface area (Å²) in [6, 6.07) is 5.77. The number of fused-ring (bicyclic) bond motifs is 1. The van der Waals surface area contributed by atoms with E-state index in [0.29, 0.717) is 11.5 Å². The van der Waals surface area contributed by atoms with Gasteiger partial charge in [0.2, 0.25) is 0 Å². The van der Waals surface area contributed by atoms with E-state index in [1.54, 1.807) is 10.7 Å². The van der Waals surface area contributed by atoms with E-state index in [1.807, 2.05) is 36.3 Å². The zero-order valence-electron chi connectivity index (χ0n) is 11.5. The van der Waals surface area contributed by atoms with Crippen molar-refractivity contribution in [1.82, 2.24) is 19.8 Å². The molecule has 1 fully saturated rings. The topological polar surface area (TPSA) is 49.6 Å². The summed E-state index contributed by atoms with van der Waals surface area (Å²) >= 11 is 0. The van der Waals surface area contributed by atoms with Gasteiger partial charge in [-0.05, 0) is 38.1 Å². The van der Waals surface area contributed by atoms with Crippen LogP contribution < -0.4 is 5.32 Å². The molecule has 1 saturated heterocycles. The molecule has 0 bridgehead atoms. The molecular formula is C14H19ClN4O. The summed E-state index contributed by atoms with van der Waals surface area (Å²) in [7, 11) is 1.95. The number of hydrogen-bond donors (Lipinski definition) is 1. The number of likely N-dealkylation sites (tertiary alicyclic amines) is 1. The Balaban J connectivity index is 0.00000147. The second-order valence-corrected chi connectivity index (χ2v) is 5.05. The van der Waals surface area contributed by atoms with Crippen molar-refractivity contribution in [3.05, 3.63) is 36.2 Å². The Morgan fingerprint density at radius 1 is 1.50 bits per heavy atom. The molecule has 1 aliphatic rings. The van der Waals surface area contributed by atoms with Crippen LogP contribution in [0.3, 0.4) is 0 Å². The van der Waals surface area contributed by atoms with Crippen LogP contribution >= 0.6 is 12.4 Å². The Hall–Kier alpha value is -1.59. The largest absolute Gasteiger partial charge is 0.338 e. The van der Waals surface area contributed by atoms with Gasteiger partial charge in [-0.15, -0.1) is 12.4 Å². The van der Waals surface area contributed by atoms with Crippen LogP contribution in [-0.4, -0.2) is 47.1 Å². The molecule has 5 nitrogen and oxygen atoms in total. The summed E-state index contributed by atoms with van der Waals surface area (Å²) in [5.41, 5.74) is 1.58. The molecule has 1 atom stereocenters. The molecule has 1 aliphatic heterocycles. The van der Waals surface area contributed by atoms with Crippen molar-refractivity contribution in [2.75, 3.05) is 26.7 Å². The van der Waals surface area contributed by atoms with E-state index < -0.39 is 0 Å². The van der Waals surface area contributed by atoms with Crippen molar-refractivity contribution in [2.24, 2.45) is 5.92 Å². The van der Waals surface area contributed by atoms with Gasteiger partial charge in [0, 0.05) is 19.3 Å². The van der Waals surface area contributed by atoms with Gasteiger partial charge in [0.1, 0.15) is 0 Å². The van der Waals surface area contributed by atoms with Crippen molar-refractivity contribution in [3.8, 4) is 0 Å². The fourth-order valence-corrected chi connectivity index (χ4v) is 2.74. The van der Waals surface area contributed by atoms with Gasteiger partial charge in [0.25, 0.3) is 5.91 Å². The van der Waals surface area contributed by atoms with Crippen molar-refractivity contribution in [2.45, 2.75) is 6.42 Å². The van der Waals surface area contributed by atoms with Gasteiger partial charge in [0.05, 0.1) is 17.3 Å². The Kier molecular flexibility index (Phi) is 4.62. The van der Waals surface area contributed by atoms with E-state index in [0.717, 1.165) is 31.6 Å². The van der Waals surface area contributed by atoms with Crippen molar-refractivity contribution >= 4 is 23.8 Å². The minimum absolute atomic E-state index is 0. The fraction of sp³-hybridized carbons (Fsp3) is 0.429. The summed E-state index contributed by atoms with van der Waals surface area (Å²) in [4.78, 5) is 14.5. The van der Waals surface area contributed by atoms with E-state index in [4.69, 9.17) is 0 Å². The number of amides is 1. The second kappa shape index (κ2) is 6.24.